The third-order valence-corrected chi connectivity index (χ3v) is 9.88. The Balaban J connectivity index is 0.000000414. The van der Waals surface area contributed by atoms with E-state index in [0.717, 1.165) is 11.1 Å². The van der Waals surface area contributed by atoms with Crippen molar-refractivity contribution in [2.24, 2.45) is 0 Å². The van der Waals surface area contributed by atoms with Gasteiger partial charge in [-0.15, -0.1) is 0 Å². The molecule has 0 spiro atoms. The molecule has 0 heterocycles. The number of hydrogen-bond donors (Lipinski definition) is 0. The van der Waals surface area contributed by atoms with Crippen LogP contribution in [0.5, 0.6) is 0 Å². The predicted octanol–water partition coefficient (Wildman–Crippen LogP) is 14.1. The van der Waals surface area contributed by atoms with Gasteiger partial charge in [0.25, 0.3) is 0 Å². The maximum atomic E-state index is 11.8. The second-order valence-corrected chi connectivity index (χ2v) is 14.0. The Bertz CT molecular complexity index is 1070. The van der Waals surface area contributed by atoms with Crippen LogP contribution in [0.2, 0.25) is 0 Å². The Morgan fingerprint density at radius 1 is 0.444 bits per heavy atom. The van der Waals surface area contributed by atoms with Crippen molar-refractivity contribution in [3.05, 3.63) is 105 Å². The van der Waals surface area contributed by atoms with Gasteiger partial charge < -0.3 is 0 Å². The summed E-state index contributed by atoms with van der Waals surface area (Å²) in [5.41, 5.74) is 4.78. The molecular formula is C43H63IO. The third kappa shape index (κ3) is 18.7. The van der Waals surface area contributed by atoms with Crippen molar-refractivity contribution in [3.63, 3.8) is 0 Å². The SMILES string of the molecule is CCCCCCCCCCCCc1cccc(I)c1CCCCCCCCCCCC.O=C(c1ccccc1)c1ccccc1. The van der Waals surface area contributed by atoms with Gasteiger partial charge >= 0.3 is 0 Å². The molecule has 3 aromatic rings. The zero-order valence-electron chi connectivity index (χ0n) is 28.8. The van der Waals surface area contributed by atoms with Gasteiger partial charge in [-0.1, -0.05) is 202 Å². The van der Waals surface area contributed by atoms with Crippen LogP contribution in [0.25, 0.3) is 0 Å². The number of halogens is 1. The number of aryl methyl sites for hydroxylation is 1. The van der Waals surface area contributed by atoms with Gasteiger partial charge in [-0.05, 0) is 65.5 Å². The average molecular weight is 723 g/mol. The third-order valence-electron chi connectivity index (χ3n) is 8.87. The molecule has 0 aliphatic carbocycles. The molecule has 45 heavy (non-hydrogen) atoms. The number of rotatable bonds is 24. The van der Waals surface area contributed by atoms with Gasteiger partial charge in [0, 0.05) is 14.7 Å². The first kappa shape index (κ1) is 39.2. The molecule has 0 saturated heterocycles. The normalized spacial score (nSPS) is 10.8. The highest BCUT2D eigenvalue weighted by Crippen LogP contribution is 2.23. The van der Waals surface area contributed by atoms with Crippen LogP contribution in [0.4, 0.5) is 0 Å². The minimum atomic E-state index is 0.0752. The quantitative estimate of drug-likeness (QED) is 0.0511. The Morgan fingerprint density at radius 3 is 1.24 bits per heavy atom. The van der Waals surface area contributed by atoms with Crippen LogP contribution in [-0.4, -0.2) is 5.78 Å². The lowest BCUT2D eigenvalue weighted by atomic mass is 9.96. The molecule has 0 fully saturated rings. The Morgan fingerprint density at radius 2 is 0.822 bits per heavy atom. The predicted molar refractivity (Wildman–Crippen MR) is 207 cm³/mol. The largest absolute Gasteiger partial charge is 0.289 e. The van der Waals surface area contributed by atoms with E-state index in [0.29, 0.717) is 0 Å². The van der Waals surface area contributed by atoms with E-state index >= 15 is 0 Å². The summed E-state index contributed by atoms with van der Waals surface area (Å²) in [6.45, 7) is 4.60. The summed E-state index contributed by atoms with van der Waals surface area (Å²) < 4.78 is 1.50. The highest BCUT2D eigenvalue weighted by molar-refractivity contribution is 14.1. The van der Waals surface area contributed by atoms with Gasteiger partial charge in [-0.2, -0.15) is 0 Å². The molecule has 248 valence electrons. The number of unbranched alkanes of at least 4 members (excludes halogenated alkanes) is 18. The van der Waals surface area contributed by atoms with E-state index in [2.05, 4.69) is 54.6 Å². The van der Waals surface area contributed by atoms with Crippen LogP contribution in [0.3, 0.4) is 0 Å². The lowest BCUT2D eigenvalue weighted by Crippen LogP contribution is -1.99. The van der Waals surface area contributed by atoms with E-state index in [4.69, 9.17) is 0 Å². The van der Waals surface area contributed by atoms with Gasteiger partial charge in [0.2, 0.25) is 0 Å². The fourth-order valence-electron chi connectivity index (χ4n) is 6.06. The van der Waals surface area contributed by atoms with Crippen molar-refractivity contribution in [3.8, 4) is 0 Å². The van der Waals surface area contributed by atoms with Crippen molar-refractivity contribution in [2.75, 3.05) is 0 Å². The van der Waals surface area contributed by atoms with Crippen LogP contribution in [-0.2, 0) is 12.8 Å². The van der Waals surface area contributed by atoms with Gasteiger partial charge in [-0.3, -0.25) is 4.79 Å². The first-order valence-corrected chi connectivity index (χ1v) is 19.7. The van der Waals surface area contributed by atoms with Crippen molar-refractivity contribution in [2.45, 2.75) is 155 Å². The van der Waals surface area contributed by atoms with Crippen LogP contribution >= 0.6 is 22.6 Å². The molecule has 0 amide bonds. The summed E-state index contributed by atoms with van der Waals surface area (Å²) in [4.78, 5) is 11.8. The molecule has 3 rings (SSSR count). The molecule has 0 bridgehead atoms. The monoisotopic (exact) mass is 722 g/mol. The van der Waals surface area contributed by atoms with Crippen LogP contribution < -0.4 is 0 Å². The van der Waals surface area contributed by atoms with E-state index < -0.39 is 0 Å². The Kier molecular flexibility index (Phi) is 23.7. The summed E-state index contributed by atoms with van der Waals surface area (Å²) in [5.74, 6) is 0.0752. The Labute approximate surface area is 291 Å². The fourth-order valence-corrected chi connectivity index (χ4v) is 6.88. The molecule has 0 saturated carbocycles. The van der Waals surface area contributed by atoms with Crippen molar-refractivity contribution >= 4 is 28.4 Å². The number of carbonyl (C=O) groups excluding carboxylic acids is 1. The van der Waals surface area contributed by atoms with Gasteiger partial charge in [0.1, 0.15) is 0 Å². The summed E-state index contributed by atoms with van der Waals surface area (Å²) >= 11 is 2.57. The first-order valence-electron chi connectivity index (χ1n) is 18.6. The molecule has 0 radical (unpaired) electrons. The second kappa shape index (κ2) is 27.2. The molecule has 1 nitrogen and oxygen atoms in total. The summed E-state index contributed by atoms with van der Waals surface area (Å²) in [7, 11) is 0. The second-order valence-electron chi connectivity index (χ2n) is 12.8. The van der Waals surface area contributed by atoms with Crippen molar-refractivity contribution < 1.29 is 4.79 Å². The van der Waals surface area contributed by atoms with Gasteiger partial charge in [0.05, 0.1) is 0 Å². The topological polar surface area (TPSA) is 17.1 Å². The number of hydrogen-bond acceptors (Lipinski definition) is 1. The molecule has 0 N–H and O–H groups in total. The van der Waals surface area contributed by atoms with Crippen molar-refractivity contribution in [1.29, 1.82) is 0 Å². The lowest BCUT2D eigenvalue weighted by molar-refractivity contribution is 0.103. The maximum Gasteiger partial charge on any atom is 0.193 e. The molecule has 0 atom stereocenters. The van der Waals surface area contributed by atoms with Crippen molar-refractivity contribution in [1.82, 2.24) is 0 Å². The molecule has 3 aromatic carbocycles. The van der Waals surface area contributed by atoms with E-state index in [-0.39, 0.29) is 5.78 Å². The van der Waals surface area contributed by atoms with E-state index in [1.807, 2.05) is 60.7 Å². The zero-order chi connectivity index (χ0) is 32.2. The van der Waals surface area contributed by atoms with Crippen LogP contribution in [0.15, 0.2) is 78.9 Å². The molecule has 2 heteroatoms. The summed E-state index contributed by atoms with van der Waals surface area (Å²) in [6, 6.07) is 25.6. The molecular weight excluding hydrogens is 659 g/mol. The van der Waals surface area contributed by atoms with E-state index in [1.54, 1.807) is 11.1 Å². The van der Waals surface area contributed by atoms with Crippen LogP contribution in [0, 0.1) is 3.57 Å². The molecule has 0 aromatic heterocycles. The zero-order valence-corrected chi connectivity index (χ0v) is 31.0. The number of benzene rings is 3. The first-order chi connectivity index (χ1) is 22.2. The standard InChI is InChI=1S/C30H53I.C13H10O/c1-3-5-7-9-11-13-15-17-19-21-24-28-25-23-27-30(31)29(28)26-22-20-18-16-14-12-10-8-6-4-2;14-13(11-7-3-1-4-8-11)12-9-5-2-6-10-12/h23,25,27H,3-22,24,26H2,1-2H3;1-10H. The molecule has 0 aliphatic rings. The molecule has 0 aliphatic heterocycles. The molecule has 0 unspecified atom stereocenters. The highest BCUT2D eigenvalue weighted by Gasteiger charge is 2.08. The highest BCUT2D eigenvalue weighted by atomic mass is 127. The summed E-state index contributed by atoms with van der Waals surface area (Å²) in [5, 5.41) is 0. The maximum absolute atomic E-state index is 11.8. The summed E-state index contributed by atoms with van der Waals surface area (Å²) in [6.07, 6.45) is 31.2. The van der Waals surface area contributed by atoms with E-state index in [9.17, 15) is 4.79 Å². The fraction of sp³-hybridized carbons (Fsp3) is 0.558. The van der Waals surface area contributed by atoms with Crippen LogP contribution in [0.1, 0.15) is 169 Å². The smallest absolute Gasteiger partial charge is 0.193 e. The lowest BCUT2D eigenvalue weighted by Gasteiger charge is -2.12. The number of ketones is 1. The van der Waals surface area contributed by atoms with E-state index in [1.165, 1.54) is 145 Å². The van der Waals surface area contributed by atoms with Gasteiger partial charge in [0.15, 0.2) is 5.78 Å². The average Bonchev–Trinajstić information content (AvgIpc) is 3.08. The number of carbonyl (C=O) groups is 1. The minimum absolute atomic E-state index is 0.0752. The van der Waals surface area contributed by atoms with Gasteiger partial charge in [-0.25, -0.2) is 0 Å². The minimum Gasteiger partial charge on any atom is -0.289 e. The Hall–Kier alpha value is -1.94.